The molecule has 1 heterocycles. The van der Waals surface area contributed by atoms with Crippen LogP contribution < -0.4 is 0 Å². The summed E-state index contributed by atoms with van der Waals surface area (Å²) in [6.45, 7) is 8.70. The molecule has 0 aromatic rings. The average molecular weight is 359 g/mol. The minimum atomic E-state index is -2.48. The molecule has 24 heavy (non-hydrogen) atoms. The first-order valence-electron chi connectivity index (χ1n) is 10.3. The Balaban J connectivity index is 1.73. The van der Waals surface area contributed by atoms with Gasteiger partial charge in [-0.15, -0.1) is 0 Å². The van der Waals surface area contributed by atoms with E-state index in [1.807, 2.05) is 0 Å². The first kappa shape index (κ1) is 20.4. The number of rotatable bonds is 14. The summed E-state index contributed by atoms with van der Waals surface area (Å²) in [6.07, 6.45) is 12.0. The number of fused-ring (bicyclic) bond motifs is 1. The molecule has 0 bridgehead atoms. The molecule has 1 saturated carbocycles. The molecule has 1 saturated heterocycles. The molecule has 1 aliphatic carbocycles. The van der Waals surface area contributed by atoms with E-state index in [2.05, 4.69) is 20.8 Å². The summed E-state index contributed by atoms with van der Waals surface area (Å²) in [6, 6.07) is 0.974. The number of epoxide rings is 1. The van der Waals surface area contributed by atoms with Gasteiger partial charge in [-0.1, -0.05) is 33.6 Å². The highest BCUT2D eigenvalue weighted by molar-refractivity contribution is 6.60. The van der Waals surface area contributed by atoms with Crippen LogP contribution in [0.15, 0.2) is 0 Å². The van der Waals surface area contributed by atoms with Crippen molar-refractivity contribution >= 4 is 8.80 Å². The highest BCUT2D eigenvalue weighted by Crippen LogP contribution is 2.41. The van der Waals surface area contributed by atoms with Crippen LogP contribution in [0.5, 0.6) is 0 Å². The molecule has 5 heteroatoms. The lowest BCUT2D eigenvalue weighted by Crippen LogP contribution is -2.46. The second-order valence-electron chi connectivity index (χ2n) is 7.37. The van der Waals surface area contributed by atoms with Crippen LogP contribution in [0.25, 0.3) is 0 Å². The number of hydrogen-bond acceptors (Lipinski definition) is 4. The molecule has 0 amide bonds. The van der Waals surface area contributed by atoms with Crippen molar-refractivity contribution < 1.29 is 18.0 Å². The monoisotopic (exact) mass is 358 g/mol. The summed E-state index contributed by atoms with van der Waals surface area (Å²) >= 11 is 0. The predicted molar refractivity (Wildman–Crippen MR) is 99.1 cm³/mol. The SMILES string of the molecule is CCCO[Si](CCCCC1CCC2OC2C1)(OCCC)OCCC. The van der Waals surface area contributed by atoms with Gasteiger partial charge < -0.3 is 18.0 Å². The Morgan fingerprint density at radius 2 is 1.46 bits per heavy atom. The second kappa shape index (κ2) is 10.9. The smallest absolute Gasteiger partial charge is 0.373 e. The molecule has 3 atom stereocenters. The Morgan fingerprint density at radius 3 is 2.00 bits per heavy atom. The highest BCUT2D eigenvalue weighted by atomic mass is 28.4. The zero-order valence-electron chi connectivity index (χ0n) is 16.1. The molecule has 2 aliphatic rings. The van der Waals surface area contributed by atoms with Gasteiger partial charge in [-0.2, -0.15) is 0 Å². The second-order valence-corrected chi connectivity index (χ2v) is 10.1. The lowest BCUT2D eigenvalue weighted by molar-refractivity contribution is 0.0585. The minimum Gasteiger partial charge on any atom is -0.373 e. The van der Waals surface area contributed by atoms with E-state index in [1.54, 1.807) is 0 Å². The van der Waals surface area contributed by atoms with E-state index >= 15 is 0 Å². The fourth-order valence-corrected chi connectivity index (χ4v) is 6.55. The van der Waals surface area contributed by atoms with Crippen LogP contribution >= 0.6 is 0 Å². The first-order valence-corrected chi connectivity index (χ1v) is 12.2. The van der Waals surface area contributed by atoms with E-state index in [1.165, 1.54) is 32.1 Å². The van der Waals surface area contributed by atoms with Crippen molar-refractivity contribution in [3.8, 4) is 0 Å². The van der Waals surface area contributed by atoms with Crippen LogP contribution in [0.3, 0.4) is 0 Å². The van der Waals surface area contributed by atoms with Crippen molar-refractivity contribution in [3.05, 3.63) is 0 Å². The van der Waals surface area contributed by atoms with Crippen molar-refractivity contribution in [2.75, 3.05) is 19.8 Å². The maximum atomic E-state index is 6.17. The van der Waals surface area contributed by atoms with Crippen LogP contribution in [0.4, 0.5) is 0 Å². The predicted octanol–water partition coefficient (Wildman–Crippen LogP) is 4.94. The molecule has 142 valence electrons. The van der Waals surface area contributed by atoms with Gasteiger partial charge in [0.25, 0.3) is 0 Å². The quantitative estimate of drug-likeness (QED) is 0.250. The number of ether oxygens (including phenoxy) is 1. The molecule has 3 unspecified atom stereocenters. The number of hydrogen-bond donors (Lipinski definition) is 0. The zero-order chi connectivity index (χ0) is 17.3. The normalized spacial score (nSPS) is 26.4. The standard InChI is InChI=1S/C19H38O4Si/c1-4-12-20-24(21-13-5-2,22-14-6-3)15-8-7-9-17-10-11-18-19(16-17)23-18/h17-19H,4-16H2,1-3H3. The number of unbranched alkanes of at least 4 members (excludes halogenated alkanes) is 1. The van der Waals surface area contributed by atoms with Crippen LogP contribution in [-0.2, 0) is 18.0 Å². The molecule has 0 aromatic heterocycles. The summed E-state index contributed by atoms with van der Waals surface area (Å²) in [7, 11) is -2.48. The summed E-state index contributed by atoms with van der Waals surface area (Å²) in [5, 5.41) is 0. The minimum absolute atomic E-state index is 0.603. The molecule has 1 aliphatic heterocycles. The average Bonchev–Trinajstić information content (AvgIpc) is 3.38. The molecule has 4 nitrogen and oxygen atoms in total. The van der Waals surface area contributed by atoms with Crippen molar-refractivity contribution in [3.63, 3.8) is 0 Å². The molecule has 2 fully saturated rings. The van der Waals surface area contributed by atoms with E-state index < -0.39 is 8.80 Å². The summed E-state index contributed by atoms with van der Waals surface area (Å²) in [4.78, 5) is 0. The lowest BCUT2D eigenvalue weighted by atomic mass is 9.86. The van der Waals surface area contributed by atoms with E-state index in [9.17, 15) is 0 Å². The lowest BCUT2D eigenvalue weighted by Gasteiger charge is -2.30. The maximum Gasteiger partial charge on any atom is 0.500 e. The van der Waals surface area contributed by atoms with Gasteiger partial charge in [-0.25, -0.2) is 0 Å². The Morgan fingerprint density at radius 1 is 0.833 bits per heavy atom. The topological polar surface area (TPSA) is 40.2 Å². The third kappa shape index (κ3) is 6.75. The Hall–Kier alpha value is 0.0569. The van der Waals surface area contributed by atoms with Gasteiger partial charge in [-0.05, 0) is 50.9 Å². The summed E-state index contributed by atoms with van der Waals surface area (Å²) in [5.41, 5.74) is 0. The van der Waals surface area contributed by atoms with Crippen LogP contribution in [0.1, 0.15) is 78.6 Å². The summed E-state index contributed by atoms with van der Waals surface area (Å²) < 4.78 is 24.2. The Bertz CT molecular complexity index is 318. The molecule has 0 radical (unpaired) electrons. The molecule has 2 rings (SSSR count). The van der Waals surface area contributed by atoms with E-state index in [0.717, 1.165) is 57.5 Å². The van der Waals surface area contributed by atoms with Crippen molar-refractivity contribution in [1.82, 2.24) is 0 Å². The van der Waals surface area contributed by atoms with Gasteiger partial charge in [0.05, 0.1) is 12.2 Å². The van der Waals surface area contributed by atoms with E-state index in [4.69, 9.17) is 18.0 Å². The van der Waals surface area contributed by atoms with Gasteiger partial charge >= 0.3 is 8.80 Å². The summed E-state index contributed by atoms with van der Waals surface area (Å²) in [5.74, 6) is 0.870. The third-order valence-corrected chi connectivity index (χ3v) is 7.93. The van der Waals surface area contributed by atoms with Gasteiger partial charge in [0.15, 0.2) is 0 Å². The van der Waals surface area contributed by atoms with Crippen molar-refractivity contribution in [2.24, 2.45) is 5.92 Å². The van der Waals surface area contributed by atoms with Gasteiger partial charge in [0.1, 0.15) is 0 Å². The molecular weight excluding hydrogens is 320 g/mol. The molecular formula is C19H38O4Si. The third-order valence-electron chi connectivity index (χ3n) is 5.04. The van der Waals surface area contributed by atoms with Crippen molar-refractivity contribution in [1.29, 1.82) is 0 Å². The Labute approximate surface area is 150 Å². The van der Waals surface area contributed by atoms with E-state index in [-0.39, 0.29) is 0 Å². The van der Waals surface area contributed by atoms with E-state index in [0.29, 0.717) is 12.2 Å². The van der Waals surface area contributed by atoms with Gasteiger partial charge in [0.2, 0.25) is 0 Å². The highest BCUT2D eigenvalue weighted by Gasteiger charge is 2.44. The molecule has 0 aromatic carbocycles. The fraction of sp³-hybridized carbons (Fsp3) is 1.00. The van der Waals surface area contributed by atoms with Gasteiger partial charge in [0, 0.05) is 25.9 Å². The fourth-order valence-electron chi connectivity index (χ4n) is 3.64. The van der Waals surface area contributed by atoms with Crippen molar-refractivity contribution in [2.45, 2.75) is 96.8 Å². The Kier molecular flexibility index (Phi) is 9.26. The van der Waals surface area contributed by atoms with Crippen LogP contribution in [0.2, 0.25) is 6.04 Å². The van der Waals surface area contributed by atoms with Gasteiger partial charge in [-0.3, -0.25) is 0 Å². The molecule has 0 N–H and O–H groups in total. The maximum absolute atomic E-state index is 6.17. The van der Waals surface area contributed by atoms with Crippen LogP contribution in [0, 0.1) is 5.92 Å². The van der Waals surface area contributed by atoms with Crippen LogP contribution in [-0.4, -0.2) is 40.8 Å². The molecule has 0 spiro atoms. The largest absolute Gasteiger partial charge is 0.500 e. The first-order chi connectivity index (χ1) is 11.7. The zero-order valence-corrected chi connectivity index (χ0v) is 17.1.